The molecule has 0 aliphatic heterocycles. The zero-order valence-corrected chi connectivity index (χ0v) is 16.9. The van der Waals surface area contributed by atoms with Gasteiger partial charge in [-0.15, -0.1) is 21.5 Å². The number of hydrogen-bond donors (Lipinski definition) is 0. The van der Waals surface area contributed by atoms with Crippen molar-refractivity contribution in [2.75, 3.05) is 0 Å². The highest BCUT2D eigenvalue weighted by atomic mass is 79.9. The molecular weight excluding hydrogens is 432 g/mol. The van der Waals surface area contributed by atoms with Crippen molar-refractivity contribution >= 4 is 39.0 Å². The maximum atomic E-state index is 5.74. The molecule has 0 aliphatic carbocycles. The van der Waals surface area contributed by atoms with Crippen molar-refractivity contribution < 1.29 is 4.42 Å². The lowest BCUT2D eigenvalue weighted by Gasteiger charge is -2.05. The van der Waals surface area contributed by atoms with Crippen LogP contribution in [0.5, 0.6) is 0 Å². The van der Waals surface area contributed by atoms with Crippen LogP contribution >= 0.6 is 39.0 Å². The van der Waals surface area contributed by atoms with Crippen LogP contribution in [0, 0.1) is 6.92 Å². The monoisotopic (exact) mass is 444 g/mol. The summed E-state index contributed by atoms with van der Waals surface area (Å²) in [6.07, 6.45) is 0. The van der Waals surface area contributed by atoms with Gasteiger partial charge in [0.2, 0.25) is 5.89 Å². The summed E-state index contributed by atoms with van der Waals surface area (Å²) in [5, 5.41) is 8.93. The molecule has 0 bridgehead atoms. The first-order valence-corrected chi connectivity index (χ1v) is 10.4. The summed E-state index contributed by atoms with van der Waals surface area (Å²) in [6.45, 7) is 1.97. The highest BCUT2D eigenvalue weighted by Crippen LogP contribution is 2.31. The fraction of sp³-hybridized carbons (Fsp3) is 0.111. The van der Waals surface area contributed by atoms with Crippen LogP contribution in [-0.2, 0) is 5.75 Å². The molecule has 0 saturated carbocycles. The van der Waals surface area contributed by atoms with Gasteiger partial charge in [0.1, 0.15) is 0 Å². The Labute approximate surface area is 167 Å². The number of aryl methyl sites for hydroxylation is 1. The smallest absolute Gasteiger partial charge is 0.257 e. The molecule has 0 unspecified atom stereocenters. The molecule has 130 valence electrons. The van der Waals surface area contributed by atoms with Gasteiger partial charge in [0.25, 0.3) is 5.89 Å². The highest BCUT2D eigenvalue weighted by Gasteiger charge is 2.12. The molecule has 0 N–H and O–H groups in total. The maximum Gasteiger partial charge on any atom is 0.257 e. The van der Waals surface area contributed by atoms with Crippen LogP contribution in [0.15, 0.2) is 61.9 Å². The normalized spacial score (nSPS) is 11.0. The van der Waals surface area contributed by atoms with Gasteiger partial charge in [-0.05, 0) is 41.1 Å². The third-order valence-electron chi connectivity index (χ3n) is 3.48. The van der Waals surface area contributed by atoms with Gasteiger partial charge in [0.05, 0.1) is 20.1 Å². The minimum absolute atomic E-state index is 0.525. The number of thiophene rings is 1. The second-order valence-electron chi connectivity index (χ2n) is 5.44. The van der Waals surface area contributed by atoms with Crippen molar-refractivity contribution in [1.29, 1.82) is 0 Å². The Morgan fingerprint density at radius 2 is 1.92 bits per heavy atom. The second-order valence-corrected chi connectivity index (χ2v) is 8.84. The average Bonchev–Trinajstić information content (AvgIpc) is 3.29. The SMILES string of the molecule is Cc1cc(-c2ccccc2)nc(SCc2nnc(-c3ccc(Br)s3)o2)n1. The number of rotatable bonds is 5. The molecule has 3 aromatic heterocycles. The minimum Gasteiger partial charge on any atom is -0.419 e. The summed E-state index contributed by atoms with van der Waals surface area (Å²) < 4.78 is 6.77. The topological polar surface area (TPSA) is 64.7 Å². The van der Waals surface area contributed by atoms with Gasteiger partial charge in [-0.1, -0.05) is 42.1 Å². The predicted molar refractivity (Wildman–Crippen MR) is 107 cm³/mol. The van der Waals surface area contributed by atoms with Gasteiger partial charge < -0.3 is 4.42 Å². The molecule has 8 heteroatoms. The van der Waals surface area contributed by atoms with E-state index < -0.39 is 0 Å². The van der Waals surface area contributed by atoms with Crippen molar-refractivity contribution in [2.24, 2.45) is 0 Å². The van der Waals surface area contributed by atoms with Crippen molar-refractivity contribution in [2.45, 2.75) is 17.8 Å². The van der Waals surface area contributed by atoms with Crippen LogP contribution in [0.25, 0.3) is 22.0 Å². The summed E-state index contributed by atoms with van der Waals surface area (Å²) in [6, 6.07) is 16.0. The molecule has 4 aromatic rings. The molecule has 5 nitrogen and oxygen atoms in total. The molecule has 4 rings (SSSR count). The molecule has 26 heavy (non-hydrogen) atoms. The number of halogens is 1. The summed E-state index contributed by atoms with van der Waals surface area (Å²) in [5.41, 5.74) is 2.91. The fourth-order valence-electron chi connectivity index (χ4n) is 2.33. The molecule has 0 amide bonds. The number of aromatic nitrogens is 4. The van der Waals surface area contributed by atoms with Crippen LogP contribution in [0.1, 0.15) is 11.6 Å². The summed E-state index contributed by atoms with van der Waals surface area (Å²) in [4.78, 5) is 10.1. The molecule has 0 radical (unpaired) electrons. The molecule has 0 spiro atoms. The highest BCUT2D eigenvalue weighted by molar-refractivity contribution is 9.11. The lowest BCUT2D eigenvalue weighted by atomic mass is 10.1. The summed E-state index contributed by atoms with van der Waals surface area (Å²) in [5.74, 6) is 1.62. The first-order valence-electron chi connectivity index (χ1n) is 7.79. The molecule has 0 aliphatic rings. The van der Waals surface area contributed by atoms with E-state index in [1.165, 1.54) is 11.8 Å². The van der Waals surface area contributed by atoms with E-state index in [0.29, 0.717) is 22.7 Å². The van der Waals surface area contributed by atoms with Crippen LogP contribution < -0.4 is 0 Å². The van der Waals surface area contributed by atoms with Gasteiger partial charge in [0.15, 0.2) is 5.16 Å². The zero-order chi connectivity index (χ0) is 17.9. The van der Waals surface area contributed by atoms with E-state index in [1.54, 1.807) is 11.3 Å². The van der Waals surface area contributed by atoms with E-state index in [-0.39, 0.29) is 0 Å². The molecule has 0 fully saturated rings. The largest absolute Gasteiger partial charge is 0.419 e. The number of benzene rings is 1. The Bertz CT molecular complexity index is 1030. The Balaban J connectivity index is 1.50. The Kier molecular flexibility index (Phi) is 5.14. The maximum absolute atomic E-state index is 5.74. The number of nitrogens with zero attached hydrogens (tertiary/aromatic N) is 4. The van der Waals surface area contributed by atoms with Gasteiger partial charge >= 0.3 is 0 Å². The van der Waals surface area contributed by atoms with E-state index in [0.717, 1.165) is 25.6 Å². The van der Waals surface area contributed by atoms with Crippen LogP contribution in [0.3, 0.4) is 0 Å². The average molecular weight is 445 g/mol. The third kappa shape index (κ3) is 4.03. The van der Waals surface area contributed by atoms with Crippen molar-refractivity contribution in [3.8, 4) is 22.0 Å². The lowest BCUT2D eigenvalue weighted by molar-refractivity contribution is 0.529. The third-order valence-corrected chi connectivity index (χ3v) is 5.92. The van der Waals surface area contributed by atoms with E-state index in [2.05, 4.69) is 36.1 Å². The first kappa shape index (κ1) is 17.4. The van der Waals surface area contributed by atoms with Crippen molar-refractivity contribution in [3.63, 3.8) is 0 Å². The zero-order valence-electron chi connectivity index (χ0n) is 13.7. The van der Waals surface area contributed by atoms with Gasteiger partial charge in [-0.3, -0.25) is 0 Å². The molecular formula is C18H13BrN4OS2. The Hall–Kier alpha value is -2.03. The second kappa shape index (κ2) is 7.69. The molecule has 0 atom stereocenters. The van der Waals surface area contributed by atoms with Gasteiger partial charge in [-0.25, -0.2) is 9.97 Å². The lowest BCUT2D eigenvalue weighted by Crippen LogP contribution is -1.94. The van der Waals surface area contributed by atoms with E-state index in [1.807, 2.05) is 55.5 Å². The Morgan fingerprint density at radius 1 is 1.08 bits per heavy atom. The summed E-state index contributed by atoms with van der Waals surface area (Å²) >= 11 is 6.48. The number of hydrogen-bond acceptors (Lipinski definition) is 7. The van der Waals surface area contributed by atoms with Crippen molar-refractivity contribution in [3.05, 3.63) is 63.9 Å². The Morgan fingerprint density at radius 3 is 2.69 bits per heavy atom. The van der Waals surface area contributed by atoms with Crippen LogP contribution in [0.2, 0.25) is 0 Å². The van der Waals surface area contributed by atoms with E-state index >= 15 is 0 Å². The van der Waals surface area contributed by atoms with Crippen molar-refractivity contribution in [1.82, 2.24) is 20.2 Å². The summed E-state index contributed by atoms with van der Waals surface area (Å²) in [7, 11) is 0. The predicted octanol–water partition coefficient (Wildman–Crippen LogP) is 5.62. The minimum atomic E-state index is 0.525. The molecule has 1 aromatic carbocycles. The van der Waals surface area contributed by atoms with E-state index in [9.17, 15) is 0 Å². The van der Waals surface area contributed by atoms with Gasteiger partial charge in [-0.2, -0.15) is 0 Å². The van der Waals surface area contributed by atoms with Gasteiger partial charge in [0, 0.05) is 11.3 Å². The standard InChI is InChI=1S/C18H13BrN4OS2/c1-11-9-13(12-5-3-2-4-6-12)21-18(20-11)25-10-16-22-23-17(24-16)14-7-8-15(19)26-14/h2-9H,10H2,1H3. The van der Waals surface area contributed by atoms with Crippen LogP contribution in [0.4, 0.5) is 0 Å². The van der Waals surface area contributed by atoms with E-state index in [4.69, 9.17) is 4.42 Å². The quantitative estimate of drug-likeness (QED) is 0.294. The number of thioether (sulfide) groups is 1. The first-order chi connectivity index (χ1) is 12.7. The molecule has 3 heterocycles. The van der Waals surface area contributed by atoms with Crippen LogP contribution in [-0.4, -0.2) is 20.2 Å². The fourth-order valence-corrected chi connectivity index (χ4v) is 4.38. The molecule has 0 saturated heterocycles.